The number of amides is 1. The predicted molar refractivity (Wildman–Crippen MR) is 86.6 cm³/mol. The molecule has 5 heteroatoms. The summed E-state index contributed by atoms with van der Waals surface area (Å²) >= 11 is 1.38. The van der Waals surface area contributed by atoms with Crippen molar-refractivity contribution in [1.82, 2.24) is 4.98 Å². The average molecular weight is 297 g/mol. The Balaban J connectivity index is 1.82. The van der Waals surface area contributed by atoms with Gasteiger partial charge in [-0.15, -0.1) is 11.3 Å². The predicted octanol–water partition coefficient (Wildman–Crippen LogP) is 3.57. The summed E-state index contributed by atoms with van der Waals surface area (Å²) in [6, 6.07) is 13.5. The van der Waals surface area contributed by atoms with Crippen LogP contribution in [-0.2, 0) is 0 Å². The molecule has 0 radical (unpaired) electrons. The van der Waals surface area contributed by atoms with Gasteiger partial charge in [-0.1, -0.05) is 30.3 Å². The SMILES string of the molecule is CC(N)c1csc(NC(=O)c2ccc3ccccc3c2)n1. The number of nitrogens with two attached hydrogens (primary N) is 1. The van der Waals surface area contributed by atoms with Crippen LogP contribution in [0, 0.1) is 0 Å². The summed E-state index contributed by atoms with van der Waals surface area (Å²) in [5.74, 6) is -0.161. The van der Waals surface area contributed by atoms with E-state index < -0.39 is 0 Å². The lowest BCUT2D eigenvalue weighted by atomic mass is 10.1. The van der Waals surface area contributed by atoms with Crippen LogP contribution in [0.25, 0.3) is 10.8 Å². The minimum absolute atomic E-state index is 0.132. The molecule has 0 aliphatic carbocycles. The number of thiazole rings is 1. The summed E-state index contributed by atoms with van der Waals surface area (Å²) < 4.78 is 0. The minimum Gasteiger partial charge on any atom is -0.323 e. The molecule has 0 aliphatic heterocycles. The van der Waals surface area contributed by atoms with Crippen molar-refractivity contribution >= 4 is 33.1 Å². The van der Waals surface area contributed by atoms with Gasteiger partial charge in [0.25, 0.3) is 5.91 Å². The standard InChI is InChI=1S/C16H15N3OS/c1-10(17)14-9-21-16(18-14)19-15(20)13-7-6-11-4-2-3-5-12(11)8-13/h2-10H,17H2,1H3,(H,18,19,20). The van der Waals surface area contributed by atoms with Crippen molar-refractivity contribution in [2.75, 3.05) is 5.32 Å². The quantitative estimate of drug-likeness (QED) is 0.776. The molecule has 106 valence electrons. The maximum atomic E-state index is 12.3. The second kappa shape index (κ2) is 5.63. The zero-order valence-corrected chi connectivity index (χ0v) is 12.4. The van der Waals surface area contributed by atoms with Gasteiger partial charge in [0.05, 0.1) is 5.69 Å². The molecule has 4 nitrogen and oxygen atoms in total. The summed E-state index contributed by atoms with van der Waals surface area (Å²) in [5.41, 5.74) is 7.17. The summed E-state index contributed by atoms with van der Waals surface area (Å²) in [6.45, 7) is 1.87. The topological polar surface area (TPSA) is 68.0 Å². The molecule has 1 aromatic heterocycles. The highest BCUT2D eigenvalue weighted by Crippen LogP contribution is 2.21. The Hall–Kier alpha value is -2.24. The average Bonchev–Trinajstić information content (AvgIpc) is 2.95. The Morgan fingerprint density at radius 2 is 2.00 bits per heavy atom. The molecule has 21 heavy (non-hydrogen) atoms. The van der Waals surface area contributed by atoms with Gasteiger partial charge in [0.2, 0.25) is 0 Å². The first-order valence-electron chi connectivity index (χ1n) is 6.64. The lowest BCUT2D eigenvalue weighted by Crippen LogP contribution is -2.12. The first kappa shape index (κ1) is 13.7. The minimum atomic E-state index is -0.161. The zero-order valence-electron chi connectivity index (χ0n) is 11.5. The van der Waals surface area contributed by atoms with E-state index in [0.29, 0.717) is 10.7 Å². The molecule has 0 bridgehead atoms. The number of nitrogens with one attached hydrogen (secondary N) is 1. The Morgan fingerprint density at radius 1 is 1.24 bits per heavy atom. The van der Waals surface area contributed by atoms with Gasteiger partial charge in [-0.2, -0.15) is 0 Å². The Bertz CT molecular complexity index is 795. The second-order valence-electron chi connectivity index (χ2n) is 4.88. The summed E-state index contributed by atoms with van der Waals surface area (Å²) in [5, 5.41) is 7.40. The number of carbonyl (C=O) groups excluding carboxylic acids is 1. The van der Waals surface area contributed by atoms with Gasteiger partial charge in [0.15, 0.2) is 5.13 Å². The van der Waals surface area contributed by atoms with Gasteiger partial charge in [-0.05, 0) is 29.8 Å². The molecule has 0 fully saturated rings. The van der Waals surface area contributed by atoms with Crippen molar-refractivity contribution in [2.24, 2.45) is 5.73 Å². The molecule has 3 N–H and O–H groups in total. The molecule has 2 aromatic carbocycles. The Labute approximate surface area is 126 Å². The third kappa shape index (κ3) is 2.94. The number of fused-ring (bicyclic) bond motifs is 1. The van der Waals surface area contributed by atoms with E-state index >= 15 is 0 Å². The van der Waals surface area contributed by atoms with Crippen molar-refractivity contribution in [3.05, 3.63) is 59.1 Å². The second-order valence-corrected chi connectivity index (χ2v) is 5.74. The third-order valence-corrected chi connectivity index (χ3v) is 4.00. The molecule has 0 saturated heterocycles. The van der Waals surface area contributed by atoms with Gasteiger partial charge >= 0.3 is 0 Å². The molecular weight excluding hydrogens is 282 g/mol. The number of anilines is 1. The molecule has 3 aromatic rings. The molecule has 0 spiro atoms. The van der Waals surface area contributed by atoms with Crippen molar-refractivity contribution in [3.63, 3.8) is 0 Å². The molecule has 0 aliphatic rings. The Morgan fingerprint density at radius 3 is 2.71 bits per heavy atom. The summed E-state index contributed by atoms with van der Waals surface area (Å²) in [7, 11) is 0. The summed E-state index contributed by atoms with van der Waals surface area (Å²) in [4.78, 5) is 16.6. The van der Waals surface area contributed by atoms with Crippen LogP contribution in [0.3, 0.4) is 0 Å². The molecule has 1 atom stereocenters. The lowest BCUT2D eigenvalue weighted by molar-refractivity contribution is 0.102. The van der Waals surface area contributed by atoms with Crippen molar-refractivity contribution < 1.29 is 4.79 Å². The normalized spacial score (nSPS) is 12.3. The van der Waals surface area contributed by atoms with Gasteiger partial charge in [0.1, 0.15) is 0 Å². The smallest absolute Gasteiger partial charge is 0.257 e. The molecule has 1 heterocycles. The maximum absolute atomic E-state index is 12.3. The van der Waals surface area contributed by atoms with Crippen LogP contribution < -0.4 is 11.1 Å². The van der Waals surface area contributed by atoms with Crippen molar-refractivity contribution in [2.45, 2.75) is 13.0 Å². The van der Waals surface area contributed by atoms with Crippen molar-refractivity contribution in [1.29, 1.82) is 0 Å². The number of benzene rings is 2. The number of hydrogen-bond acceptors (Lipinski definition) is 4. The van der Waals surface area contributed by atoms with E-state index in [-0.39, 0.29) is 11.9 Å². The summed E-state index contributed by atoms with van der Waals surface area (Å²) in [6.07, 6.45) is 0. The molecule has 1 unspecified atom stereocenters. The fourth-order valence-corrected chi connectivity index (χ4v) is 2.86. The Kier molecular flexibility index (Phi) is 3.68. The first-order valence-corrected chi connectivity index (χ1v) is 7.52. The van der Waals surface area contributed by atoms with E-state index in [1.54, 1.807) is 0 Å². The highest BCUT2D eigenvalue weighted by atomic mass is 32.1. The molecule has 0 saturated carbocycles. The lowest BCUT2D eigenvalue weighted by Gasteiger charge is -2.04. The van der Waals surface area contributed by atoms with Gasteiger partial charge in [0, 0.05) is 17.0 Å². The van der Waals surface area contributed by atoms with Crippen LogP contribution in [0.4, 0.5) is 5.13 Å². The third-order valence-electron chi connectivity index (χ3n) is 3.22. The van der Waals surface area contributed by atoms with Crippen LogP contribution in [-0.4, -0.2) is 10.9 Å². The highest BCUT2D eigenvalue weighted by Gasteiger charge is 2.11. The van der Waals surface area contributed by atoms with Crippen LogP contribution in [0.5, 0.6) is 0 Å². The van der Waals surface area contributed by atoms with E-state index in [1.807, 2.05) is 54.8 Å². The number of hydrogen-bond donors (Lipinski definition) is 2. The zero-order chi connectivity index (χ0) is 14.8. The van der Waals surface area contributed by atoms with Crippen LogP contribution in [0.15, 0.2) is 47.8 Å². The monoisotopic (exact) mass is 297 g/mol. The highest BCUT2D eigenvalue weighted by molar-refractivity contribution is 7.14. The van der Waals surface area contributed by atoms with E-state index in [0.717, 1.165) is 16.5 Å². The largest absolute Gasteiger partial charge is 0.323 e. The maximum Gasteiger partial charge on any atom is 0.257 e. The van der Waals surface area contributed by atoms with Crippen LogP contribution >= 0.6 is 11.3 Å². The number of aromatic nitrogens is 1. The fraction of sp³-hybridized carbons (Fsp3) is 0.125. The fourth-order valence-electron chi connectivity index (χ4n) is 2.05. The van der Waals surface area contributed by atoms with Gasteiger partial charge in [-0.3, -0.25) is 10.1 Å². The van der Waals surface area contributed by atoms with Crippen LogP contribution in [0.1, 0.15) is 29.0 Å². The first-order chi connectivity index (χ1) is 10.1. The van der Waals surface area contributed by atoms with Crippen LogP contribution in [0.2, 0.25) is 0 Å². The number of nitrogens with zero attached hydrogens (tertiary/aromatic N) is 1. The van der Waals surface area contributed by atoms with Gasteiger partial charge < -0.3 is 5.73 Å². The van der Waals surface area contributed by atoms with Gasteiger partial charge in [-0.25, -0.2) is 4.98 Å². The molecular formula is C16H15N3OS. The van der Waals surface area contributed by atoms with E-state index in [2.05, 4.69) is 10.3 Å². The van der Waals surface area contributed by atoms with E-state index in [9.17, 15) is 4.79 Å². The van der Waals surface area contributed by atoms with E-state index in [1.165, 1.54) is 11.3 Å². The van der Waals surface area contributed by atoms with Crippen molar-refractivity contribution in [3.8, 4) is 0 Å². The number of carbonyl (C=O) groups is 1. The molecule has 1 amide bonds. The van der Waals surface area contributed by atoms with E-state index in [4.69, 9.17) is 5.73 Å². The number of rotatable bonds is 3. The molecule has 3 rings (SSSR count).